The number of nitrogens with two attached hydrogens (primary N) is 2. The molecule has 1 aromatic carbocycles. The molecule has 0 saturated carbocycles. The Balaban J connectivity index is 2.86. The van der Waals surface area contributed by atoms with E-state index in [0.29, 0.717) is 22.3 Å². The average Bonchev–Trinajstić information content (AvgIpc) is 2.11. The van der Waals surface area contributed by atoms with Crippen molar-refractivity contribution in [1.29, 1.82) is 0 Å². The standard InChI is InChI=1S/C8H9Cl2N3/c9-6-2-1-5(3-7(6)10)4-8(11)13-12/h1-3H,4,12H2,(H2,11,13). The number of amidine groups is 1. The van der Waals surface area contributed by atoms with Gasteiger partial charge in [0.25, 0.3) is 0 Å². The van der Waals surface area contributed by atoms with Crippen molar-refractivity contribution in [3.8, 4) is 0 Å². The maximum Gasteiger partial charge on any atom is 0.123 e. The van der Waals surface area contributed by atoms with Crippen LogP contribution in [-0.4, -0.2) is 5.84 Å². The van der Waals surface area contributed by atoms with Crippen LogP contribution in [0.1, 0.15) is 5.56 Å². The van der Waals surface area contributed by atoms with Crippen LogP contribution >= 0.6 is 23.2 Å². The number of benzene rings is 1. The van der Waals surface area contributed by atoms with Gasteiger partial charge in [0.15, 0.2) is 0 Å². The zero-order valence-corrected chi connectivity index (χ0v) is 8.31. The van der Waals surface area contributed by atoms with Gasteiger partial charge in [0, 0.05) is 6.42 Å². The second-order valence-corrected chi connectivity index (χ2v) is 3.36. The topological polar surface area (TPSA) is 64.4 Å². The Labute approximate surface area is 86.3 Å². The first-order valence-electron chi connectivity index (χ1n) is 3.59. The Morgan fingerprint density at radius 1 is 1.31 bits per heavy atom. The highest BCUT2D eigenvalue weighted by Gasteiger charge is 2.00. The van der Waals surface area contributed by atoms with Crippen LogP contribution in [0.4, 0.5) is 0 Å². The van der Waals surface area contributed by atoms with Gasteiger partial charge >= 0.3 is 0 Å². The molecule has 70 valence electrons. The van der Waals surface area contributed by atoms with Crippen LogP contribution in [0.25, 0.3) is 0 Å². The molecule has 0 aliphatic heterocycles. The molecule has 0 spiro atoms. The second-order valence-electron chi connectivity index (χ2n) is 2.55. The number of hydrogen-bond acceptors (Lipinski definition) is 2. The smallest absolute Gasteiger partial charge is 0.123 e. The summed E-state index contributed by atoms with van der Waals surface area (Å²) in [5.74, 6) is 5.35. The van der Waals surface area contributed by atoms with Crippen LogP contribution in [0.15, 0.2) is 23.3 Å². The lowest BCUT2D eigenvalue weighted by atomic mass is 10.1. The summed E-state index contributed by atoms with van der Waals surface area (Å²) in [6, 6.07) is 5.28. The third kappa shape index (κ3) is 2.79. The number of nitrogens with zero attached hydrogens (tertiary/aromatic N) is 1. The van der Waals surface area contributed by atoms with E-state index in [1.807, 2.05) is 6.07 Å². The lowest BCUT2D eigenvalue weighted by Crippen LogP contribution is -2.16. The summed E-state index contributed by atoms with van der Waals surface area (Å²) in [7, 11) is 0. The lowest BCUT2D eigenvalue weighted by molar-refractivity contribution is 1.17. The summed E-state index contributed by atoms with van der Waals surface area (Å²) in [4.78, 5) is 0. The van der Waals surface area contributed by atoms with E-state index in [9.17, 15) is 0 Å². The minimum Gasteiger partial charge on any atom is -0.385 e. The maximum atomic E-state index is 5.80. The number of hydrazone groups is 1. The van der Waals surface area contributed by atoms with E-state index in [0.717, 1.165) is 5.56 Å². The number of rotatable bonds is 2. The molecule has 0 atom stereocenters. The van der Waals surface area contributed by atoms with Crippen LogP contribution in [0.2, 0.25) is 10.0 Å². The molecule has 0 bridgehead atoms. The van der Waals surface area contributed by atoms with Gasteiger partial charge in [-0.3, -0.25) is 0 Å². The number of hydrogen-bond donors (Lipinski definition) is 2. The highest BCUT2D eigenvalue weighted by Crippen LogP contribution is 2.22. The average molecular weight is 218 g/mol. The Hall–Kier alpha value is -0.930. The van der Waals surface area contributed by atoms with Gasteiger partial charge in [-0.1, -0.05) is 29.3 Å². The molecule has 1 rings (SSSR count). The third-order valence-corrected chi connectivity index (χ3v) is 2.27. The molecule has 0 aliphatic rings. The van der Waals surface area contributed by atoms with Gasteiger partial charge in [-0.15, -0.1) is 0 Å². The monoisotopic (exact) mass is 217 g/mol. The first kappa shape index (κ1) is 10.2. The molecule has 0 fully saturated rings. The maximum absolute atomic E-state index is 5.80. The van der Waals surface area contributed by atoms with Crippen LogP contribution in [0, 0.1) is 0 Å². The molecular weight excluding hydrogens is 209 g/mol. The van der Waals surface area contributed by atoms with Crippen molar-refractivity contribution in [3.05, 3.63) is 33.8 Å². The van der Waals surface area contributed by atoms with Gasteiger partial charge in [-0.05, 0) is 17.7 Å². The van der Waals surface area contributed by atoms with E-state index < -0.39 is 0 Å². The van der Waals surface area contributed by atoms with Gasteiger partial charge < -0.3 is 11.6 Å². The third-order valence-electron chi connectivity index (χ3n) is 1.54. The van der Waals surface area contributed by atoms with Crippen molar-refractivity contribution in [3.63, 3.8) is 0 Å². The molecule has 0 radical (unpaired) electrons. The van der Waals surface area contributed by atoms with Gasteiger partial charge in [0.05, 0.1) is 10.0 Å². The second kappa shape index (κ2) is 4.35. The highest BCUT2D eigenvalue weighted by molar-refractivity contribution is 6.42. The van der Waals surface area contributed by atoms with Gasteiger partial charge in [0.2, 0.25) is 0 Å². The summed E-state index contributed by atoms with van der Waals surface area (Å²) in [6.45, 7) is 0. The van der Waals surface area contributed by atoms with Crippen molar-refractivity contribution >= 4 is 29.0 Å². The van der Waals surface area contributed by atoms with Crippen LogP contribution < -0.4 is 11.6 Å². The predicted molar refractivity (Wildman–Crippen MR) is 56.0 cm³/mol. The molecule has 0 aromatic heterocycles. The summed E-state index contributed by atoms with van der Waals surface area (Å²) in [5.41, 5.74) is 6.37. The van der Waals surface area contributed by atoms with Crippen LogP contribution in [-0.2, 0) is 6.42 Å². The molecular formula is C8H9Cl2N3. The molecule has 0 heterocycles. The van der Waals surface area contributed by atoms with E-state index in [-0.39, 0.29) is 0 Å². The molecule has 0 aliphatic carbocycles. The summed E-state index contributed by atoms with van der Waals surface area (Å²) in [6.07, 6.45) is 0.480. The van der Waals surface area contributed by atoms with Gasteiger partial charge in [-0.2, -0.15) is 5.10 Å². The Morgan fingerprint density at radius 2 is 2.00 bits per heavy atom. The van der Waals surface area contributed by atoms with Crippen molar-refractivity contribution in [2.45, 2.75) is 6.42 Å². The van der Waals surface area contributed by atoms with Crippen molar-refractivity contribution in [2.24, 2.45) is 16.7 Å². The minimum absolute atomic E-state index is 0.360. The Bertz CT molecular complexity index is 336. The Kier molecular flexibility index (Phi) is 3.39. The van der Waals surface area contributed by atoms with Crippen molar-refractivity contribution < 1.29 is 0 Å². The van der Waals surface area contributed by atoms with Gasteiger partial charge in [0.1, 0.15) is 5.84 Å². The quantitative estimate of drug-likeness (QED) is 0.344. The zero-order chi connectivity index (χ0) is 9.84. The van der Waals surface area contributed by atoms with E-state index in [1.54, 1.807) is 12.1 Å². The molecule has 1 aromatic rings. The Morgan fingerprint density at radius 3 is 2.54 bits per heavy atom. The van der Waals surface area contributed by atoms with Crippen LogP contribution in [0.5, 0.6) is 0 Å². The van der Waals surface area contributed by atoms with E-state index in [2.05, 4.69) is 5.10 Å². The fourth-order valence-corrected chi connectivity index (χ4v) is 1.23. The molecule has 0 amide bonds. The van der Waals surface area contributed by atoms with E-state index >= 15 is 0 Å². The molecule has 4 N–H and O–H groups in total. The zero-order valence-electron chi connectivity index (χ0n) is 6.80. The van der Waals surface area contributed by atoms with Crippen LogP contribution in [0.3, 0.4) is 0 Å². The SMILES string of the molecule is N/N=C(/N)Cc1ccc(Cl)c(Cl)c1. The normalized spacial score (nSPS) is 11.7. The fourth-order valence-electron chi connectivity index (χ4n) is 0.904. The first-order valence-corrected chi connectivity index (χ1v) is 4.35. The lowest BCUT2D eigenvalue weighted by Gasteiger charge is -2.01. The van der Waals surface area contributed by atoms with Gasteiger partial charge in [-0.25, -0.2) is 0 Å². The van der Waals surface area contributed by atoms with Crippen molar-refractivity contribution in [2.75, 3.05) is 0 Å². The van der Waals surface area contributed by atoms with E-state index in [1.165, 1.54) is 0 Å². The molecule has 3 nitrogen and oxygen atoms in total. The summed E-state index contributed by atoms with van der Waals surface area (Å²) >= 11 is 11.5. The van der Waals surface area contributed by atoms with E-state index in [4.69, 9.17) is 34.8 Å². The van der Waals surface area contributed by atoms with Crippen molar-refractivity contribution in [1.82, 2.24) is 0 Å². The number of halogens is 2. The first-order chi connectivity index (χ1) is 6.13. The molecule has 0 saturated heterocycles. The largest absolute Gasteiger partial charge is 0.385 e. The molecule has 5 heteroatoms. The fraction of sp³-hybridized carbons (Fsp3) is 0.125. The summed E-state index contributed by atoms with van der Waals surface area (Å²) < 4.78 is 0. The molecule has 13 heavy (non-hydrogen) atoms. The summed E-state index contributed by atoms with van der Waals surface area (Å²) in [5, 5.41) is 4.38. The minimum atomic E-state index is 0.360. The molecule has 0 unspecified atom stereocenters. The predicted octanol–water partition coefficient (Wildman–Crippen LogP) is 1.77. The highest BCUT2D eigenvalue weighted by atomic mass is 35.5.